The molecule has 0 aromatic heterocycles. The van der Waals surface area contributed by atoms with Crippen molar-refractivity contribution in [3.8, 4) is 11.5 Å². The highest BCUT2D eigenvalue weighted by Crippen LogP contribution is 2.28. The summed E-state index contributed by atoms with van der Waals surface area (Å²) >= 11 is 0. The lowest BCUT2D eigenvalue weighted by Crippen LogP contribution is -2.19. The molecule has 0 saturated carbocycles. The van der Waals surface area contributed by atoms with Crippen LogP contribution in [0.3, 0.4) is 0 Å². The molecular formula is C23H23NO3. The van der Waals surface area contributed by atoms with Gasteiger partial charge in [-0.1, -0.05) is 49.1 Å². The summed E-state index contributed by atoms with van der Waals surface area (Å²) in [4.78, 5) is 12.8. The molecule has 0 aliphatic heterocycles. The molecule has 0 bridgehead atoms. The topological polar surface area (TPSA) is 47.6 Å². The van der Waals surface area contributed by atoms with Gasteiger partial charge in [-0.05, 0) is 47.5 Å². The molecule has 1 atom stereocenters. The number of rotatable bonds is 7. The first-order valence-electron chi connectivity index (χ1n) is 8.83. The Morgan fingerprint density at radius 1 is 1.11 bits per heavy atom. The third-order valence-corrected chi connectivity index (χ3v) is 4.47. The number of nitrogens with one attached hydrogen (secondary N) is 1. The number of hydrogen-bond donors (Lipinski definition) is 1. The maximum absolute atomic E-state index is 12.8. The molecule has 3 rings (SSSR count). The highest BCUT2D eigenvalue weighted by Gasteiger charge is 2.17. The lowest BCUT2D eigenvalue weighted by molar-refractivity contribution is -0.117. The average molecular weight is 361 g/mol. The third-order valence-electron chi connectivity index (χ3n) is 4.47. The van der Waals surface area contributed by atoms with Crippen LogP contribution in [-0.2, 0) is 4.79 Å². The lowest BCUT2D eigenvalue weighted by Gasteiger charge is -2.16. The molecule has 4 heteroatoms. The molecule has 138 valence electrons. The largest absolute Gasteiger partial charge is 0.497 e. The Morgan fingerprint density at radius 2 is 1.85 bits per heavy atom. The van der Waals surface area contributed by atoms with Crippen LogP contribution in [-0.4, -0.2) is 19.6 Å². The van der Waals surface area contributed by atoms with Crippen molar-refractivity contribution >= 4 is 22.4 Å². The summed E-state index contributed by atoms with van der Waals surface area (Å²) in [6.07, 6.45) is 1.67. The SMILES string of the molecule is C=CCOc1ccccc1NC(=O)[C@@H](C)c1ccc2cc(OC)ccc2c1. The van der Waals surface area contributed by atoms with Gasteiger partial charge in [-0.15, -0.1) is 0 Å². The van der Waals surface area contributed by atoms with Gasteiger partial charge < -0.3 is 14.8 Å². The molecular weight excluding hydrogens is 338 g/mol. The minimum absolute atomic E-state index is 0.0856. The molecule has 0 radical (unpaired) electrons. The quantitative estimate of drug-likeness (QED) is 0.592. The Kier molecular flexibility index (Phi) is 5.77. The number of para-hydroxylation sites is 2. The number of ether oxygens (including phenoxy) is 2. The molecule has 0 spiro atoms. The lowest BCUT2D eigenvalue weighted by atomic mass is 9.97. The second kappa shape index (κ2) is 8.41. The van der Waals surface area contributed by atoms with Crippen molar-refractivity contribution in [3.05, 3.63) is 78.9 Å². The maximum atomic E-state index is 12.8. The predicted molar refractivity (Wildman–Crippen MR) is 110 cm³/mol. The van der Waals surface area contributed by atoms with Crippen molar-refractivity contribution in [2.24, 2.45) is 0 Å². The zero-order valence-corrected chi connectivity index (χ0v) is 15.6. The number of benzene rings is 3. The van der Waals surface area contributed by atoms with E-state index in [0.717, 1.165) is 22.1 Å². The fraction of sp³-hybridized carbons (Fsp3) is 0.174. The van der Waals surface area contributed by atoms with Gasteiger partial charge in [-0.2, -0.15) is 0 Å². The van der Waals surface area contributed by atoms with Gasteiger partial charge in [0.15, 0.2) is 0 Å². The molecule has 1 N–H and O–H groups in total. The zero-order chi connectivity index (χ0) is 19.2. The first kappa shape index (κ1) is 18.5. The normalized spacial score (nSPS) is 11.6. The number of carbonyl (C=O) groups excluding carboxylic acids is 1. The van der Waals surface area contributed by atoms with Crippen molar-refractivity contribution < 1.29 is 14.3 Å². The first-order valence-corrected chi connectivity index (χ1v) is 8.83. The molecule has 0 aliphatic rings. The second-order valence-corrected chi connectivity index (χ2v) is 6.28. The molecule has 1 amide bonds. The van der Waals surface area contributed by atoms with E-state index in [-0.39, 0.29) is 11.8 Å². The predicted octanol–water partition coefficient (Wildman–Crippen LogP) is 5.16. The summed E-state index contributed by atoms with van der Waals surface area (Å²) in [6.45, 7) is 5.93. The standard InChI is InChI=1S/C23H23NO3/c1-4-13-27-22-8-6-5-7-21(22)24-23(25)16(2)17-9-10-19-15-20(26-3)12-11-18(19)14-17/h4-12,14-16H,1,13H2,2-3H3,(H,24,25)/t16-/m0/s1. The molecule has 3 aromatic carbocycles. The van der Waals surface area contributed by atoms with Crippen molar-refractivity contribution in [3.63, 3.8) is 0 Å². The van der Waals surface area contributed by atoms with Crippen molar-refractivity contribution in [2.75, 3.05) is 19.0 Å². The second-order valence-electron chi connectivity index (χ2n) is 6.28. The Bertz CT molecular complexity index is 965. The van der Waals surface area contributed by atoms with Crippen LogP contribution in [0.15, 0.2) is 73.3 Å². The van der Waals surface area contributed by atoms with Gasteiger partial charge in [-0.25, -0.2) is 0 Å². The molecule has 4 nitrogen and oxygen atoms in total. The van der Waals surface area contributed by atoms with Crippen molar-refractivity contribution in [2.45, 2.75) is 12.8 Å². The summed E-state index contributed by atoms with van der Waals surface area (Å²) in [7, 11) is 1.65. The summed E-state index contributed by atoms with van der Waals surface area (Å²) in [6, 6.07) is 19.3. The van der Waals surface area contributed by atoms with E-state index in [1.807, 2.05) is 67.6 Å². The molecule has 27 heavy (non-hydrogen) atoms. The van der Waals surface area contributed by atoms with Crippen LogP contribution < -0.4 is 14.8 Å². The van der Waals surface area contributed by atoms with E-state index in [1.54, 1.807) is 13.2 Å². The van der Waals surface area contributed by atoms with E-state index in [2.05, 4.69) is 11.9 Å². The van der Waals surface area contributed by atoms with Crippen molar-refractivity contribution in [1.82, 2.24) is 0 Å². The van der Waals surface area contributed by atoms with Crippen molar-refractivity contribution in [1.29, 1.82) is 0 Å². The van der Waals surface area contributed by atoms with Crippen LogP contribution in [0.4, 0.5) is 5.69 Å². The van der Waals surface area contributed by atoms with Crippen LogP contribution in [0.25, 0.3) is 10.8 Å². The number of carbonyl (C=O) groups is 1. The fourth-order valence-corrected chi connectivity index (χ4v) is 2.88. The highest BCUT2D eigenvalue weighted by atomic mass is 16.5. The van der Waals surface area contributed by atoms with E-state index >= 15 is 0 Å². The zero-order valence-electron chi connectivity index (χ0n) is 15.6. The van der Waals surface area contributed by atoms with Crippen LogP contribution in [0, 0.1) is 0 Å². The number of fused-ring (bicyclic) bond motifs is 1. The Morgan fingerprint density at radius 3 is 2.63 bits per heavy atom. The van der Waals surface area contributed by atoms with Gasteiger partial charge in [0.1, 0.15) is 18.1 Å². The minimum Gasteiger partial charge on any atom is -0.497 e. The van der Waals surface area contributed by atoms with Gasteiger partial charge in [0, 0.05) is 0 Å². The van der Waals surface area contributed by atoms with E-state index in [4.69, 9.17) is 9.47 Å². The Balaban J connectivity index is 1.79. The maximum Gasteiger partial charge on any atom is 0.231 e. The molecule has 0 aliphatic carbocycles. The van der Waals surface area contributed by atoms with Crippen LogP contribution in [0.5, 0.6) is 11.5 Å². The number of anilines is 1. The van der Waals surface area contributed by atoms with E-state index < -0.39 is 0 Å². The first-order chi connectivity index (χ1) is 13.1. The molecule has 0 fully saturated rings. The number of amides is 1. The minimum atomic E-state index is -0.302. The summed E-state index contributed by atoms with van der Waals surface area (Å²) in [5, 5.41) is 5.12. The molecule has 0 saturated heterocycles. The number of methoxy groups -OCH3 is 1. The van der Waals surface area contributed by atoms with Gasteiger partial charge >= 0.3 is 0 Å². The van der Waals surface area contributed by atoms with Gasteiger partial charge in [-0.3, -0.25) is 4.79 Å². The van der Waals surface area contributed by atoms with E-state index in [9.17, 15) is 4.79 Å². The third kappa shape index (κ3) is 4.29. The number of hydrogen-bond acceptors (Lipinski definition) is 3. The molecule has 3 aromatic rings. The van der Waals surface area contributed by atoms with Gasteiger partial charge in [0.2, 0.25) is 5.91 Å². The average Bonchev–Trinajstić information content (AvgIpc) is 2.71. The Labute approximate surface area is 159 Å². The van der Waals surface area contributed by atoms with Crippen LogP contribution in [0.2, 0.25) is 0 Å². The monoisotopic (exact) mass is 361 g/mol. The summed E-state index contributed by atoms with van der Waals surface area (Å²) in [5.41, 5.74) is 1.61. The highest BCUT2D eigenvalue weighted by molar-refractivity contribution is 5.97. The summed E-state index contributed by atoms with van der Waals surface area (Å²) < 4.78 is 10.9. The van der Waals surface area contributed by atoms with Crippen LogP contribution in [0.1, 0.15) is 18.4 Å². The molecule has 0 unspecified atom stereocenters. The van der Waals surface area contributed by atoms with Gasteiger partial charge in [0.25, 0.3) is 0 Å². The van der Waals surface area contributed by atoms with Crippen LogP contribution >= 0.6 is 0 Å². The fourth-order valence-electron chi connectivity index (χ4n) is 2.88. The Hall–Kier alpha value is -3.27. The van der Waals surface area contributed by atoms with Gasteiger partial charge in [0.05, 0.1) is 18.7 Å². The summed E-state index contributed by atoms with van der Waals surface area (Å²) in [5.74, 6) is 1.06. The molecule has 0 heterocycles. The van der Waals surface area contributed by atoms with E-state index in [1.165, 1.54) is 0 Å². The smallest absolute Gasteiger partial charge is 0.231 e. The van der Waals surface area contributed by atoms with E-state index in [0.29, 0.717) is 18.0 Å².